The Morgan fingerprint density at radius 2 is 2.00 bits per heavy atom. The van der Waals surface area contributed by atoms with Crippen molar-refractivity contribution in [3.8, 4) is 11.8 Å². The van der Waals surface area contributed by atoms with Crippen LogP contribution in [0.1, 0.15) is 22.9 Å². The summed E-state index contributed by atoms with van der Waals surface area (Å²) in [6.07, 6.45) is -4.00. The zero-order valence-electron chi connectivity index (χ0n) is 12.6. The van der Waals surface area contributed by atoms with E-state index in [1.54, 1.807) is 6.07 Å². The molecule has 0 saturated carbocycles. The number of benzene rings is 1. The van der Waals surface area contributed by atoms with Crippen molar-refractivity contribution < 1.29 is 22.7 Å². The lowest BCUT2D eigenvalue weighted by Crippen LogP contribution is -2.17. The van der Waals surface area contributed by atoms with E-state index in [0.717, 1.165) is 23.4 Å². The molecule has 2 rings (SSSR count). The molecule has 0 atom stereocenters. The first-order valence-electron chi connectivity index (χ1n) is 6.98. The summed E-state index contributed by atoms with van der Waals surface area (Å²) in [5.74, 6) is -0.690. The highest BCUT2D eigenvalue weighted by Gasteiger charge is 2.30. The second-order valence-electron chi connectivity index (χ2n) is 4.84. The number of hydrogen-bond donors (Lipinski definition) is 1. The number of nitrogens with one attached hydrogen (secondary N) is 1. The molecule has 1 heterocycles. The molecule has 1 N–H and O–H groups in total. The summed E-state index contributed by atoms with van der Waals surface area (Å²) in [4.78, 5) is 13.0. The highest BCUT2D eigenvalue weighted by atomic mass is 32.1. The standard InChI is InChI=1S/C16H13F3N2O2S/c1-2-13-8-11(9-20)15(24-13)21-14(22)7-10-3-5-12(6-4-10)23-16(17,18)19/h3-6,8H,2,7H2,1H3,(H,21,22). The molecule has 4 nitrogen and oxygen atoms in total. The fourth-order valence-corrected chi connectivity index (χ4v) is 2.92. The molecule has 1 amide bonds. The van der Waals surface area contributed by atoms with Crippen LogP contribution in [0.25, 0.3) is 0 Å². The van der Waals surface area contributed by atoms with Gasteiger partial charge < -0.3 is 10.1 Å². The maximum atomic E-state index is 12.1. The van der Waals surface area contributed by atoms with Crippen molar-refractivity contribution in [3.05, 3.63) is 46.3 Å². The molecule has 0 unspecified atom stereocenters. The Balaban J connectivity index is 2.00. The summed E-state index contributed by atoms with van der Waals surface area (Å²) >= 11 is 1.33. The van der Waals surface area contributed by atoms with Gasteiger partial charge in [0.05, 0.1) is 12.0 Å². The van der Waals surface area contributed by atoms with Crippen LogP contribution in [0.5, 0.6) is 5.75 Å². The van der Waals surface area contributed by atoms with E-state index < -0.39 is 6.36 Å². The fourth-order valence-electron chi connectivity index (χ4n) is 1.96. The molecule has 1 aromatic heterocycles. The Morgan fingerprint density at radius 3 is 2.54 bits per heavy atom. The van der Waals surface area contributed by atoms with Crippen LogP contribution < -0.4 is 10.1 Å². The number of aryl methyl sites for hydroxylation is 1. The van der Waals surface area contributed by atoms with Gasteiger partial charge in [-0.15, -0.1) is 24.5 Å². The average molecular weight is 354 g/mol. The number of nitrogens with zero attached hydrogens (tertiary/aromatic N) is 1. The van der Waals surface area contributed by atoms with Gasteiger partial charge >= 0.3 is 6.36 Å². The van der Waals surface area contributed by atoms with Gasteiger partial charge in [0.25, 0.3) is 0 Å². The number of halogens is 3. The Hall–Kier alpha value is -2.53. The zero-order valence-corrected chi connectivity index (χ0v) is 13.4. The lowest BCUT2D eigenvalue weighted by Gasteiger charge is -2.09. The zero-order chi connectivity index (χ0) is 17.7. The van der Waals surface area contributed by atoms with Gasteiger partial charge in [-0.05, 0) is 30.2 Å². The fraction of sp³-hybridized carbons (Fsp3) is 0.250. The van der Waals surface area contributed by atoms with Crippen LogP contribution in [-0.4, -0.2) is 12.3 Å². The summed E-state index contributed by atoms with van der Waals surface area (Å²) in [5, 5.41) is 12.2. The summed E-state index contributed by atoms with van der Waals surface area (Å²) in [6.45, 7) is 1.95. The van der Waals surface area contributed by atoms with Crippen molar-refractivity contribution in [3.63, 3.8) is 0 Å². The number of anilines is 1. The average Bonchev–Trinajstić information content (AvgIpc) is 2.90. The van der Waals surface area contributed by atoms with Gasteiger partial charge in [0.15, 0.2) is 0 Å². The van der Waals surface area contributed by atoms with Gasteiger partial charge in [-0.1, -0.05) is 19.1 Å². The number of rotatable bonds is 5. The minimum absolute atomic E-state index is 0.0173. The van der Waals surface area contributed by atoms with E-state index in [1.165, 1.54) is 23.5 Å². The van der Waals surface area contributed by atoms with Crippen LogP contribution in [-0.2, 0) is 17.6 Å². The third-order valence-electron chi connectivity index (χ3n) is 3.03. The van der Waals surface area contributed by atoms with Crippen molar-refractivity contribution >= 4 is 22.2 Å². The molecule has 8 heteroatoms. The van der Waals surface area contributed by atoms with Crippen molar-refractivity contribution in [2.75, 3.05) is 5.32 Å². The third kappa shape index (κ3) is 4.99. The lowest BCUT2D eigenvalue weighted by molar-refractivity contribution is -0.274. The maximum Gasteiger partial charge on any atom is 0.573 e. The van der Waals surface area contributed by atoms with Gasteiger partial charge in [-0.3, -0.25) is 4.79 Å². The molecule has 24 heavy (non-hydrogen) atoms. The summed E-state index contributed by atoms with van der Waals surface area (Å²) < 4.78 is 40.0. The van der Waals surface area contributed by atoms with E-state index in [9.17, 15) is 18.0 Å². The summed E-state index contributed by atoms with van der Waals surface area (Å²) in [7, 11) is 0. The van der Waals surface area contributed by atoms with Gasteiger partial charge in [0.1, 0.15) is 16.8 Å². The van der Waals surface area contributed by atoms with Crippen LogP contribution in [0.2, 0.25) is 0 Å². The van der Waals surface area contributed by atoms with E-state index in [1.807, 2.05) is 13.0 Å². The Bertz CT molecular complexity index is 761. The number of carbonyl (C=O) groups excluding carboxylic acids is 1. The number of nitriles is 1. The molecule has 0 bridgehead atoms. The monoisotopic (exact) mass is 354 g/mol. The second-order valence-corrected chi connectivity index (χ2v) is 5.97. The number of carbonyl (C=O) groups is 1. The van der Waals surface area contributed by atoms with E-state index >= 15 is 0 Å². The van der Waals surface area contributed by atoms with Crippen LogP contribution >= 0.6 is 11.3 Å². The van der Waals surface area contributed by atoms with E-state index in [4.69, 9.17) is 5.26 Å². The smallest absolute Gasteiger partial charge is 0.406 e. The molecular weight excluding hydrogens is 341 g/mol. The molecule has 0 aliphatic rings. The van der Waals surface area contributed by atoms with Crippen LogP contribution in [0, 0.1) is 11.3 Å². The Kier molecular flexibility index (Phi) is 5.46. The number of hydrogen-bond acceptors (Lipinski definition) is 4. The number of ether oxygens (including phenoxy) is 1. The largest absolute Gasteiger partial charge is 0.573 e. The van der Waals surface area contributed by atoms with Crippen molar-refractivity contribution in [1.29, 1.82) is 5.26 Å². The highest BCUT2D eigenvalue weighted by Crippen LogP contribution is 2.28. The third-order valence-corrected chi connectivity index (χ3v) is 4.22. The first kappa shape index (κ1) is 17.8. The summed E-state index contributed by atoms with van der Waals surface area (Å²) in [5.41, 5.74) is 0.937. The minimum Gasteiger partial charge on any atom is -0.406 e. The molecule has 2 aromatic rings. The molecule has 0 spiro atoms. The van der Waals surface area contributed by atoms with Crippen molar-refractivity contribution in [2.24, 2.45) is 0 Å². The van der Waals surface area contributed by atoms with E-state index in [0.29, 0.717) is 16.1 Å². The van der Waals surface area contributed by atoms with Crippen molar-refractivity contribution in [1.82, 2.24) is 0 Å². The topological polar surface area (TPSA) is 62.1 Å². The van der Waals surface area contributed by atoms with Gasteiger partial charge in [-0.25, -0.2) is 0 Å². The van der Waals surface area contributed by atoms with Gasteiger partial charge in [0, 0.05) is 4.88 Å². The van der Waals surface area contributed by atoms with Gasteiger partial charge in [-0.2, -0.15) is 5.26 Å². The maximum absolute atomic E-state index is 12.1. The summed E-state index contributed by atoms with van der Waals surface area (Å²) in [6, 6.07) is 8.82. The first-order valence-corrected chi connectivity index (χ1v) is 7.79. The normalized spacial score (nSPS) is 11.0. The van der Waals surface area contributed by atoms with Crippen LogP contribution in [0.3, 0.4) is 0 Å². The lowest BCUT2D eigenvalue weighted by atomic mass is 10.1. The van der Waals surface area contributed by atoms with Crippen LogP contribution in [0.15, 0.2) is 30.3 Å². The number of amides is 1. The Morgan fingerprint density at radius 1 is 1.33 bits per heavy atom. The Labute approximate surface area is 140 Å². The predicted molar refractivity (Wildman–Crippen MR) is 83.9 cm³/mol. The van der Waals surface area contributed by atoms with E-state index in [-0.39, 0.29) is 18.1 Å². The SMILES string of the molecule is CCc1cc(C#N)c(NC(=O)Cc2ccc(OC(F)(F)F)cc2)s1. The molecule has 0 aliphatic heterocycles. The molecule has 0 fully saturated rings. The van der Waals surface area contributed by atoms with Gasteiger partial charge in [0.2, 0.25) is 5.91 Å². The molecule has 1 aromatic carbocycles. The molecule has 0 saturated heterocycles. The van der Waals surface area contributed by atoms with E-state index in [2.05, 4.69) is 10.1 Å². The number of thiophene rings is 1. The second kappa shape index (κ2) is 7.36. The molecular formula is C16H13F3N2O2S. The molecule has 0 aliphatic carbocycles. The predicted octanol–water partition coefficient (Wildman–Crippen LogP) is 4.26. The number of alkyl halides is 3. The minimum atomic E-state index is -4.75. The van der Waals surface area contributed by atoms with Crippen LogP contribution in [0.4, 0.5) is 18.2 Å². The quantitative estimate of drug-likeness (QED) is 0.873. The van der Waals surface area contributed by atoms with Crippen molar-refractivity contribution in [2.45, 2.75) is 26.1 Å². The first-order chi connectivity index (χ1) is 11.3. The highest BCUT2D eigenvalue weighted by molar-refractivity contribution is 7.16. The molecule has 0 radical (unpaired) electrons. The molecule has 126 valence electrons.